The molecular weight excluding hydrogens is 340 g/mol. The predicted octanol–water partition coefficient (Wildman–Crippen LogP) is 3.57. The van der Waals surface area contributed by atoms with Crippen LogP contribution in [-0.4, -0.2) is 54.1 Å². The molecule has 0 bridgehead atoms. The summed E-state index contributed by atoms with van der Waals surface area (Å²) in [6, 6.07) is 14.2. The summed E-state index contributed by atoms with van der Waals surface area (Å²) in [4.78, 5) is 16.7. The van der Waals surface area contributed by atoms with Crippen LogP contribution in [0.3, 0.4) is 0 Å². The molecule has 2 aromatic rings. The lowest BCUT2D eigenvalue weighted by molar-refractivity contribution is -0.0630. The molecule has 0 N–H and O–H groups in total. The highest BCUT2D eigenvalue weighted by Crippen LogP contribution is 2.22. The molecule has 0 spiro atoms. The summed E-state index contributed by atoms with van der Waals surface area (Å²) >= 11 is 0. The fourth-order valence-electron chi connectivity index (χ4n) is 4.07. The van der Waals surface area contributed by atoms with E-state index in [9.17, 15) is 4.79 Å². The molecule has 1 aromatic carbocycles. The summed E-state index contributed by atoms with van der Waals surface area (Å²) in [6.45, 7) is 4.71. The Bertz CT molecular complexity index is 700. The van der Waals surface area contributed by atoms with E-state index in [1.165, 1.54) is 5.56 Å². The van der Waals surface area contributed by atoms with E-state index >= 15 is 0 Å². The Hall–Kier alpha value is -2.11. The largest absolute Gasteiger partial charge is 0.459 e. The van der Waals surface area contributed by atoms with E-state index in [-0.39, 0.29) is 12.0 Å². The van der Waals surface area contributed by atoms with E-state index in [0.717, 1.165) is 58.4 Å². The fourth-order valence-corrected chi connectivity index (χ4v) is 4.07. The molecule has 2 saturated heterocycles. The van der Waals surface area contributed by atoms with Crippen LogP contribution in [0.4, 0.5) is 0 Å². The van der Waals surface area contributed by atoms with Crippen molar-refractivity contribution in [2.45, 2.75) is 44.4 Å². The SMILES string of the molecule is O=C(c1ccco1)N1CCC(OC2CCN(Cc3ccccc3)CC2)CC1. The normalized spacial score (nSPS) is 20.1. The Labute approximate surface area is 160 Å². The summed E-state index contributed by atoms with van der Waals surface area (Å²) in [5, 5.41) is 0. The monoisotopic (exact) mass is 368 g/mol. The molecule has 3 heterocycles. The highest BCUT2D eigenvalue weighted by atomic mass is 16.5. The highest BCUT2D eigenvalue weighted by Gasteiger charge is 2.28. The first-order chi connectivity index (χ1) is 13.3. The van der Waals surface area contributed by atoms with Crippen LogP contribution in [0.25, 0.3) is 0 Å². The molecule has 27 heavy (non-hydrogen) atoms. The van der Waals surface area contributed by atoms with E-state index in [1.807, 2.05) is 4.90 Å². The molecule has 0 unspecified atom stereocenters. The Kier molecular flexibility index (Phi) is 5.90. The number of carbonyl (C=O) groups is 1. The maximum absolute atomic E-state index is 12.3. The second kappa shape index (κ2) is 8.72. The molecule has 5 heteroatoms. The van der Waals surface area contributed by atoms with Gasteiger partial charge in [0.25, 0.3) is 5.91 Å². The lowest BCUT2D eigenvalue weighted by atomic mass is 10.0. The van der Waals surface area contributed by atoms with Crippen molar-refractivity contribution >= 4 is 5.91 Å². The number of carbonyl (C=O) groups excluding carboxylic acids is 1. The molecule has 2 aliphatic rings. The summed E-state index contributed by atoms with van der Waals surface area (Å²) < 4.78 is 11.6. The summed E-state index contributed by atoms with van der Waals surface area (Å²) in [7, 11) is 0. The van der Waals surface area contributed by atoms with Crippen molar-refractivity contribution in [1.29, 1.82) is 0 Å². The molecule has 0 saturated carbocycles. The first-order valence-corrected chi connectivity index (χ1v) is 10.0. The van der Waals surface area contributed by atoms with Crippen molar-refractivity contribution in [3.05, 3.63) is 60.1 Å². The van der Waals surface area contributed by atoms with Gasteiger partial charge >= 0.3 is 0 Å². The maximum Gasteiger partial charge on any atom is 0.289 e. The van der Waals surface area contributed by atoms with E-state index in [1.54, 1.807) is 18.4 Å². The van der Waals surface area contributed by atoms with E-state index < -0.39 is 0 Å². The molecule has 0 atom stereocenters. The fraction of sp³-hybridized carbons (Fsp3) is 0.500. The van der Waals surface area contributed by atoms with Gasteiger partial charge in [-0.25, -0.2) is 0 Å². The average molecular weight is 368 g/mol. The van der Waals surface area contributed by atoms with E-state index in [4.69, 9.17) is 9.15 Å². The Morgan fingerprint density at radius 3 is 2.22 bits per heavy atom. The van der Waals surface area contributed by atoms with Crippen LogP contribution in [0.5, 0.6) is 0 Å². The zero-order valence-corrected chi connectivity index (χ0v) is 15.8. The Balaban J connectivity index is 1.18. The number of amides is 1. The van der Waals surface area contributed by atoms with Crippen molar-refractivity contribution in [2.24, 2.45) is 0 Å². The number of piperidine rings is 2. The van der Waals surface area contributed by atoms with Gasteiger partial charge in [0.05, 0.1) is 18.5 Å². The standard InChI is InChI=1S/C22H28N2O3/c25-22(21-7-4-16-26-21)24-14-10-20(11-15-24)27-19-8-12-23(13-9-19)17-18-5-2-1-3-6-18/h1-7,16,19-20H,8-15,17H2. The van der Waals surface area contributed by atoms with E-state index in [2.05, 4.69) is 35.2 Å². The molecule has 1 aromatic heterocycles. The minimum Gasteiger partial charge on any atom is -0.459 e. The zero-order chi connectivity index (χ0) is 18.5. The van der Waals surface area contributed by atoms with Crippen molar-refractivity contribution < 1.29 is 13.9 Å². The topological polar surface area (TPSA) is 45.9 Å². The predicted molar refractivity (Wildman–Crippen MR) is 103 cm³/mol. The molecule has 4 rings (SSSR count). The summed E-state index contributed by atoms with van der Waals surface area (Å²) in [5.41, 5.74) is 1.38. The van der Waals surface area contributed by atoms with Crippen molar-refractivity contribution in [3.8, 4) is 0 Å². The van der Waals surface area contributed by atoms with Gasteiger partial charge in [-0.05, 0) is 43.4 Å². The molecule has 5 nitrogen and oxygen atoms in total. The van der Waals surface area contributed by atoms with Gasteiger partial charge in [-0.1, -0.05) is 30.3 Å². The number of hydrogen-bond donors (Lipinski definition) is 0. The first kappa shape index (κ1) is 18.3. The number of rotatable bonds is 5. The average Bonchev–Trinajstić information content (AvgIpc) is 3.25. The van der Waals surface area contributed by atoms with Gasteiger partial charge in [0.1, 0.15) is 0 Å². The second-order valence-electron chi connectivity index (χ2n) is 7.57. The summed E-state index contributed by atoms with van der Waals surface area (Å²) in [5.74, 6) is 0.424. The number of nitrogens with zero attached hydrogens (tertiary/aromatic N) is 2. The third-order valence-electron chi connectivity index (χ3n) is 5.63. The number of likely N-dealkylation sites (tertiary alicyclic amines) is 2. The lowest BCUT2D eigenvalue weighted by Crippen LogP contribution is -2.43. The molecule has 0 aliphatic carbocycles. The molecule has 0 radical (unpaired) electrons. The van der Waals surface area contributed by atoms with Gasteiger partial charge in [0, 0.05) is 32.7 Å². The lowest BCUT2D eigenvalue weighted by Gasteiger charge is -2.37. The Morgan fingerprint density at radius 2 is 1.59 bits per heavy atom. The van der Waals surface area contributed by atoms with Crippen LogP contribution in [0.1, 0.15) is 41.8 Å². The third kappa shape index (κ3) is 4.79. The first-order valence-electron chi connectivity index (χ1n) is 10.0. The van der Waals surface area contributed by atoms with Crippen molar-refractivity contribution in [3.63, 3.8) is 0 Å². The van der Waals surface area contributed by atoms with Crippen LogP contribution < -0.4 is 0 Å². The number of ether oxygens (including phenoxy) is 1. The minimum atomic E-state index is -0.00679. The highest BCUT2D eigenvalue weighted by molar-refractivity contribution is 5.91. The Morgan fingerprint density at radius 1 is 0.926 bits per heavy atom. The van der Waals surface area contributed by atoms with Crippen molar-refractivity contribution in [1.82, 2.24) is 9.80 Å². The van der Waals surface area contributed by atoms with Gasteiger partial charge in [-0.15, -0.1) is 0 Å². The van der Waals surface area contributed by atoms with E-state index in [0.29, 0.717) is 11.9 Å². The van der Waals surface area contributed by atoms with Gasteiger partial charge < -0.3 is 14.1 Å². The van der Waals surface area contributed by atoms with Gasteiger partial charge in [0.2, 0.25) is 0 Å². The number of furan rings is 1. The van der Waals surface area contributed by atoms with Crippen LogP contribution in [-0.2, 0) is 11.3 Å². The van der Waals surface area contributed by atoms with Crippen LogP contribution in [0.15, 0.2) is 53.1 Å². The number of hydrogen-bond acceptors (Lipinski definition) is 4. The minimum absolute atomic E-state index is 0.00679. The molecule has 2 fully saturated rings. The van der Waals surface area contributed by atoms with Crippen LogP contribution >= 0.6 is 0 Å². The van der Waals surface area contributed by atoms with Gasteiger partial charge in [-0.2, -0.15) is 0 Å². The van der Waals surface area contributed by atoms with Gasteiger partial charge in [-0.3, -0.25) is 9.69 Å². The second-order valence-corrected chi connectivity index (χ2v) is 7.57. The number of benzene rings is 1. The molecule has 2 aliphatic heterocycles. The van der Waals surface area contributed by atoms with Crippen molar-refractivity contribution in [2.75, 3.05) is 26.2 Å². The van der Waals surface area contributed by atoms with Gasteiger partial charge in [0.15, 0.2) is 5.76 Å². The third-order valence-corrected chi connectivity index (χ3v) is 5.63. The molecular formula is C22H28N2O3. The zero-order valence-electron chi connectivity index (χ0n) is 15.8. The van der Waals surface area contributed by atoms with Crippen LogP contribution in [0.2, 0.25) is 0 Å². The molecule has 144 valence electrons. The smallest absolute Gasteiger partial charge is 0.289 e. The molecule has 1 amide bonds. The van der Waals surface area contributed by atoms with Crippen LogP contribution in [0, 0.1) is 0 Å². The quantitative estimate of drug-likeness (QED) is 0.809. The maximum atomic E-state index is 12.3. The summed E-state index contributed by atoms with van der Waals surface area (Å²) in [6.07, 6.45) is 6.20.